The summed E-state index contributed by atoms with van der Waals surface area (Å²) in [5.41, 5.74) is 1.23. The summed E-state index contributed by atoms with van der Waals surface area (Å²) >= 11 is 0. The van der Waals surface area contributed by atoms with Gasteiger partial charge < -0.3 is 10.1 Å². The highest BCUT2D eigenvalue weighted by Gasteiger charge is 2.34. The monoisotopic (exact) mass is 365 g/mol. The average Bonchev–Trinajstić information content (AvgIpc) is 2.60. The first-order valence-corrected chi connectivity index (χ1v) is 8.47. The van der Waals surface area contributed by atoms with Crippen molar-refractivity contribution in [2.24, 2.45) is 0 Å². The molecule has 0 radical (unpaired) electrons. The first kappa shape index (κ1) is 19.8. The minimum atomic E-state index is -4.56. The topological polar surface area (TPSA) is 38.3 Å². The normalized spacial score (nSPS) is 11.3. The van der Waals surface area contributed by atoms with Crippen LogP contribution in [0.5, 0.6) is 5.75 Å². The van der Waals surface area contributed by atoms with Gasteiger partial charge in [-0.1, -0.05) is 38.1 Å². The summed E-state index contributed by atoms with van der Waals surface area (Å²) in [5.74, 6) is 0.124. The molecule has 0 aliphatic heterocycles. The van der Waals surface area contributed by atoms with Gasteiger partial charge in [0.15, 0.2) is 0 Å². The van der Waals surface area contributed by atoms with Gasteiger partial charge in [-0.05, 0) is 36.6 Å². The Balaban J connectivity index is 2.32. The Kier molecular flexibility index (Phi) is 6.29. The Bertz CT molecular complexity index is 785. The fourth-order valence-electron chi connectivity index (χ4n) is 2.58. The van der Waals surface area contributed by atoms with Crippen LogP contribution in [-0.2, 0) is 24.0 Å². The standard InChI is InChI=1S/C20H22F3NO2/c1-4-14-9-10-17(13(3)11-14)26-12-15-7-6-8-16(20(21,22)23)19(15)24-18(25)5-2/h6-11H,4-5,12H2,1-3H3,(H,24,25). The summed E-state index contributed by atoms with van der Waals surface area (Å²) in [6.45, 7) is 5.44. The molecule has 0 spiro atoms. The number of anilines is 1. The maximum atomic E-state index is 13.3. The number of carbonyl (C=O) groups is 1. The Morgan fingerprint density at radius 3 is 2.46 bits per heavy atom. The average molecular weight is 365 g/mol. The molecule has 0 saturated heterocycles. The van der Waals surface area contributed by atoms with E-state index in [1.165, 1.54) is 12.1 Å². The fraction of sp³-hybridized carbons (Fsp3) is 0.350. The molecule has 0 atom stereocenters. The van der Waals surface area contributed by atoms with Crippen LogP contribution in [0.1, 0.15) is 42.5 Å². The molecule has 0 aromatic heterocycles. The van der Waals surface area contributed by atoms with E-state index in [0.29, 0.717) is 5.75 Å². The SMILES string of the molecule is CCC(=O)Nc1c(COc2ccc(CC)cc2C)cccc1C(F)(F)F. The van der Waals surface area contributed by atoms with Crippen LogP contribution in [0.15, 0.2) is 36.4 Å². The van der Waals surface area contributed by atoms with Crippen LogP contribution in [0.25, 0.3) is 0 Å². The molecule has 0 saturated carbocycles. The smallest absolute Gasteiger partial charge is 0.418 e. The lowest BCUT2D eigenvalue weighted by Gasteiger charge is -2.18. The van der Waals surface area contributed by atoms with Gasteiger partial charge >= 0.3 is 6.18 Å². The van der Waals surface area contributed by atoms with Gasteiger partial charge in [0, 0.05) is 12.0 Å². The number of rotatable bonds is 6. The molecule has 1 amide bonds. The van der Waals surface area contributed by atoms with Crippen molar-refractivity contribution in [1.29, 1.82) is 0 Å². The van der Waals surface area contributed by atoms with Gasteiger partial charge in [-0.3, -0.25) is 4.79 Å². The van der Waals surface area contributed by atoms with Crippen molar-refractivity contribution < 1.29 is 22.7 Å². The first-order chi connectivity index (χ1) is 12.3. The third kappa shape index (κ3) is 4.77. The van der Waals surface area contributed by atoms with Gasteiger partial charge in [0.2, 0.25) is 5.91 Å². The van der Waals surface area contributed by atoms with E-state index in [9.17, 15) is 18.0 Å². The van der Waals surface area contributed by atoms with E-state index in [4.69, 9.17) is 4.74 Å². The first-order valence-electron chi connectivity index (χ1n) is 8.47. The highest BCUT2D eigenvalue weighted by Crippen LogP contribution is 2.37. The number of hydrogen-bond donors (Lipinski definition) is 1. The van der Waals surface area contributed by atoms with Gasteiger partial charge in [0.1, 0.15) is 12.4 Å². The largest absolute Gasteiger partial charge is 0.489 e. The lowest BCUT2D eigenvalue weighted by molar-refractivity contribution is -0.137. The number of para-hydroxylation sites is 1. The molecule has 140 valence electrons. The van der Waals surface area contributed by atoms with E-state index in [-0.39, 0.29) is 24.3 Å². The Labute approximate surface area is 151 Å². The summed E-state index contributed by atoms with van der Waals surface area (Å²) in [6, 6.07) is 9.52. The summed E-state index contributed by atoms with van der Waals surface area (Å²) in [7, 11) is 0. The van der Waals surface area contributed by atoms with Crippen molar-refractivity contribution in [1.82, 2.24) is 0 Å². The maximum Gasteiger partial charge on any atom is 0.418 e. The second-order valence-electron chi connectivity index (χ2n) is 5.98. The predicted molar refractivity (Wildman–Crippen MR) is 95.3 cm³/mol. The number of ether oxygens (including phenoxy) is 1. The molecule has 3 nitrogen and oxygen atoms in total. The number of benzene rings is 2. The minimum absolute atomic E-state index is 0.0738. The summed E-state index contributed by atoms with van der Waals surface area (Å²) in [6.07, 6.45) is -3.59. The maximum absolute atomic E-state index is 13.3. The highest BCUT2D eigenvalue weighted by molar-refractivity contribution is 5.92. The summed E-state index contributed by atoms with van der Waals surface area (Å²) < 4.78 is 45.6. The van der Waals surface area contributed by atoms with Gasteiger partial charge in [-0.25, -0.2) is 0 Å². The molecule has 1 N–H and O–H groups in total. The molecule has 0 heterocycles. The van der Waals surface area contributed by atoms with E-state index < -0.39 is 17.6 Å². The van der Waals surface area contributed by atoms with Crippen LogP contribution in [0.4, 0.5) is 18.9 Å². The molecule has 0 unspecified atom stereocenters. The van der Waals surface area contributed by atoms with Crippen molar-refractivity contribution in [3.8, 4) is 5.75 Å². The Morgan fingerprint density at radius 1 is 1.15 bits per heavy atom. The molecule has 2 rings (SSSR count). The van der Waals surface area contributed by atoms with Crippen LogP contribution in [0.3, 0.4) is 0 Å². The zero-order valence-electron chi connectivity index (χ0n) is 15.0. The van der Waals surface area contributed by atoms with Crippen molar-refractivity contribution >= 4 is 11.6 Å². The van der Waals surface area contributed by atoms with Crippen molar-refractivity contribution in [2.45, 2.75) is 46.4 Å². The quantitative estimate of drug-likeness (QED) is 0.734. The third-order valence-corrected chi connectivity index (χ3v) is 4.07. The molecule has 2 aromatic carbocycles. The molecule has 6 heteroatoms. The van der Waals surface area contributed by atoms with E-state index >= 15 is 0 Å². The summed E-state index contributed by atoms with van der Waals surface area (Å²) in [5, 5.41) is 2.37. The number of carbonyl (C=O) groups excluding carboxylic acids is 1. The second kappa shape index (κ2) is 8.25. The lowest BCUT2D eigenvalue weighted by atomic mass is 10.1. The summed E-state index contributed by atoms with van der Waals surface area (Å²) in [4.78, 5) is 11.7. The van der Waals surface area contributed by atoms with Crippen molar-refractivity contribution in [3.63, 3.8) is 0 Å². The molecule has 2 aromatic rings. The van der Waals surface area contributed by atoms with Crippen LogP contribution in [0.2, 0.25) is 0 Å². The van der Waals surface area contributed by atoms with Crippen LogP contribution >= 0.6 is 0 Å². The molecule has 26 heavy (non-hydrogen) atoms. The van der Waals surface area contributed by atoms with Crippen LogP contribution in [-0.4, -0.2) is 5.91 Å². The van der Waals surface area contributed by atoms with Gasteiger partial charge in [-0.2, -0.15) is 13.2 Å². The Morgan fingerprint density at radius 2 is 1.88 bits per heavy atom. The second-order valence-corrected chi connectivity index (χ2v) is 5.98. The molecule has 0 aliphatic carbocycles. The number of alkyl halides is 3. The van der Waals surface area contributed by atoms with Crippen LogP contribution in [0, 0.1) is 6.92 Å². The fourth-order valence-corrected chi connectivity index (χ4v) is 2.58. The van der Waals surface area contributed by atoms with Crippen molar-refractivity contribution in [2.75, 3.05) is 5.32 Å². The molecule has 0 fully saturated rings. The van der Waals surface area contributed by atoms with E-state index in [1.807, 2.05) is 32.0 Å². The number of amides is 1. The van der Waals surface area contributed by atoms with E-state index in [1.54, 1.807) is 6.92 Å². The molecule has 0 aliphatic rings. The molecular weight excluding hydrogens is 343 g/mol. The Hall–Kier alpha value is -2.50. The number of halogens is 3. The van der Waals surface area contributed by atoms with Gasteiger partial charge in [0.25, 0.3) is 0 Å². The molecule has 0 bridgehead atoms. The van der Waals surface area contributed by atoms with E-state index in [0.717, 1.165) is 23.6 Å². The minimum Gasteiger partial charge on any atom is -0.489 e. The van der Waals surface area contributed by atoms with E-state index in [2.05, 4.69) is 5.32 Å². The number of hydrogen-bond acceptors (Lipinski definition) is 2. The highest BCUT2D eigenvalue weighted by atomic mass is 19.4. The van der Waals surface area contributed by atoms with Crippen molar-refractivity contribution in [3.05, 3.63) is 58.7 Å². The van der Waals surface area contributed by atoms with Gasteiger partial charge in [-0.15, -0.1) is 0 Å². The number of nitrogens with one attached hydrogen (secondary N) is 1. The zero-order valence-corrected chi connectivity index (χ0v) is 15.0. The number of aryl methyl sites for hydroxylation is 2. The predicted octanol–water partition coefficient (Wildman–Crippen LogP) is 5.50. The third-order valence-electron chi connectivity index (χ3n) is 4.07. The lowest BCUT2D eigenvalue weighted by Crippen LogP contribution is -2.18. The molecular formula is C20H22F3NO2. The van der Waals surface area contributed by atoms with Crippen LogP contribution < -0.4 is 10.1 Å². The van der Waals surface area contributed by atoms with Gasteiger partial charge in [0.05, 0.1) is 11.3 Å². The zero-order chi connectivity index (χ0) is 19.3.